The van der Waals surface area contributed by atoms with Gasteiger partial charge in [0, 0.05) is 30.0 Å². The Hall–Kier alpha value is -3.74. The van der Waals surface area contributed by atoms with Crippen LogP contribution in [0.25, 0.3) is 11.6 Å². The number of carbonyl (C=O) groups is 4. The summed E-state index contributed by atoms with van der Waals surface area (Å²) in [6, 6.07) is 1.84. The molecule has 4 amide bonds. The SMILES string of the molecule is CCN(CC)CCNC(=O)c1c(C)[nH]c(/C=C2\C(=O)N(C(=O)N[C@@H](CCCCN)C(=O)OC)c3ccc(F)cc32)c1C.Cl. The van der Waals surface area contributed by atoms with Crippen LogP contribution in [-0.4, -0.2) is 79.6 Å². The van der Waals surface area contributed by atoms with Crippen molar-refractivity contribution in [3.05, 3.63) is 52.1 Å². The first-order valence-corrected chi connectivity index (χ1v) is 14.2. The van der Waals surface area contributed by atoms with E-state index >= 15 is 0 Å². The Morgan fingerprint density at radius 3 is 2.51 bits per heavy atom. The molecule has 0 aliphatic carbocycles. The predicted octanol–water partition coefficient (Wildman–Crippen LogP) is 3.53. The molecule has 0 saturated heterocycles. The number of H-pyrrole nitrogens is 1. The lowest BCUT2D eigenvalue weighted by Gasteiger charge is -2.21. The van der Waals surface area contributed by atoms with Crippen molar-refractivity contribution >= 4 is 53.6 Å². The second-order valence-corrected chi connectivity index (χ2v) is 10.1. The number of nitrogens with one attached hydrogen (secondary N) is 3. The summed E-state index contributed by atoms with van der Waals surface area (Å²) in [5, 5.41) is 5.53. The standard InChI is InChI=1S/C30H41FN6O5.ClH/c1-6-36(7-2)15-14-33-27(38)26-18(3)24(34-19(26)4)17-22-21-16-20(31)11-12-25(21)37(28(22)39)30(41)35-23(29(40)42-5)10-8-9-13-32;/h11-12,16-17,23,34H,6-10,13-15,32H2,1-5H3,(H,33,38)(H,35,41);1H/b22-17-;/t23-;/m0./s1. The minimum absolute atomic E-state index is 0. The number of hydrogen-bond donors (Lipinski definition) is 4. The number of ether oxygens (including phenoxy) is 1. The minimum Gasteiger partial charge on any atom is -0.467 e. The Kier molecular flexibility index (Phi) is 13.4. The third-order valence-electron chi connectivity index (χ3n) is 7.46. The molecule has 5 N–H and O–H groups in total. The Morgan fingerprint density at radius 2 is 1.88 bits per heavy atom. The van der Waals surface area contributed by atoms with Crippen LogP contribution in [0.3, 0.4) is 0 Å². The fraction of sp³-hybridized carbons (Fsp3) is 0.467. The first-order valence-electron chi connectivity index (χ1n) is 14.2. The molecule has 1 aliphatic rings. The van der Waals surface area contributed by atoms with Gasteiger partial charge in [-0.3, -0.25) is 9.59 Å². The Balaban J connectivity index is 0.00000645. The number of esters is 1. The van der Waals surface area contributed by atoms with Gasteiger partial charge in [-0.15, -0.1) is 12.4 Å². The predicted molar refractivity (Wildman–Crippen MR) is 167 cm³/mol. The third kappa shape index (κ3) is 8.21. The van der Waals surface area contributed by atoms with Crippen LogP contribution in [0.5, 0.6) is 0 Å². The summed E-state index contributed by atoms with van der Waals surface area (Å²) in [7, 11) is 1.21. The van der Waals surface area contributed by atoms with Crippen molar-refractivity contribution in [2.75, 3.05) is 44.7 Å². The largest absolute Gasteiger partial charge is 0.467 e. The highest BCUT2D eigenvalue weighted by Crippen LogP contribution is 2.39. The smallest absolute Gasteiger partial charge is 0.329 e. The zero-order valence-electron chi connectivity index (χ0n) is 25.3. The lowest BCUT2D eigenvalue weighted by Crippen LogP contribution is -2.49. The van der Waals surface area contributed by atoms with Crippen molar-refractivity contribution in [1.29, 1.82) is 0 Å². The van der Waals surface area contributed by atoms with E-state index in [9.17, 15) is 23.6 Å². The summed E-state index contributed by atoms with van der Waals surface area (Å²) in [5.41, 5.74) is 8.16. The fourth-order valence-electron chi connectivity index (χ4n) is 5.06. The number of carbonyl (C=O) groups excluding carboxylic acids is 4. The van der Waals surface area contributed by atoms with Crippen LogP contribution >= 0.6 is 12.4 Å². The number of urea groups is 1. The quantitative estimate of drug-likeness (QED) is 0.152. The summed E-state index contributed by atoms with van der Waals surface area (Å²) in [6.45, 7) is 11.0. The zero-order valence-corrected chi connectivity index (χ0v) is 26.2. The van der Waals surface area contributed by atoms with Crippen molar-refractivity contribution in [2.45, 2.75) is 53.0 Å². The maximum Gasteiger partial charge on any atom is 0.329 e. The molecule has 0 spiro atoms. The number of aromatic amines is 1. The number of rotatable bonds is 13. The Morgan fingerprint density at radius 1 is 1.19 bits per heavy atom. The van der Waals surface area contributed by atoms with Crippen LogP contribution in [0.4, 0.5) is 14.9 Å². The summed E-state index contributed by atoms with van der Waals surface area (Å²) in [6.07, 6.45) is 3.00. The van der Waals surface area contributed by atoms with Crippen LogP contribution in [0.15, 0.2) is 18.2 Å². The number of amides is 4. The van der Waals surface area contributed by atoms with Gasteiger partial charge in [0.15, 0.2) is 0 Å². The van der Waals surface area contributed by atoms with E-state index < -0.39 is 29.8 Å². The fourth-order valence-corrected chi connectivity index (χ4v) is 5.06. The average Bonchev–Trinajstić information content (AvgIpc) is 3.40. The lowest BCUT2D eigenvalue weighted by atomic mass is 10.0. The molecule has 2 aromatic rings. The van der Waals surface area contributed by atoms with Gasteiger partial charge in [-0.2, -0.15) is 0 Å². The number of imide groups is 1. The van der Waals surface area contributed by atoms with E-state index in [4.69, 9.17) is 10.5 Å². The van der Waals surface area contributed by atoms with Crippen molar-refractivity contribution < 1.29 is 28.3 Å². The van der Waals surface area contributed by atoms with E-state index in [1.54, 1.807) is 13.8 Å². The molecule has 0 fully saturated rings. The second kappa shape index (κ2) is 16.2. The van der Waals surface area contributed by atoms with Crippen LogP contribution in [0.1, 0.15) is 66.0 Å². The van der Waals surface area contributed by atoms with Crippen LogP contribution in [0.2, 0.25) is 0 Å². The minimum atomic E-state index is -0.991. The first-order chi connectivity index (χ1) is 20.1. The normalized spacial score (nSPS) is 14.0. The number of aryl methyl sites for hydroxylation is 1. The lowest BCUT2D eigenvalue weighted by molar-refractivity contribution is -0.143. The van der Waals surface area contributed by atoms with Gasteiger partial charge >= 0.3 is 12.0 Å². The van der Waals surface area contributed by atoms with Gasteiger partial charge in [0.05, 0.1) is 23.9 Å². The number of anilines is 1. The number of nitrogens with two attached hydrogens (primary N) is 1. The average molecular weight is 621 g/mol. The van der Waals surface area contributed by atoms with Gasteiger partial charge < -0.3 is 31.0 Å². The highest BCUT2D eigenvalue weighted by Gasteiger charge is 2.39. The molecule has 0 bridgehead atoms. The summed E-state index contributed by atoms with van der Waals surface area (Å²) < 4.78 is 19.2. The monoisotopic (exact) mass is 620 g/mol. The van der Waals surface area contributed by atoms with E-state index in [1.807, 2.05) is 0 Å². The van der Waals surface area contributed by atoms with Crippen LogP contribution in [-0.2, 0) is 14.3 Å². The maximum atomic E-state index is 14.4. The number of fused-ring (bicyclic) bond motifs is 1. The van der Waals surface area contributed by atoms with Gasteiger partial charge in [0.2, 0.25) is 0 Å². The molecule has 0 unspecified atom stereocenters. The van der Waals surface area contributed by atoms with Gasteiger partial charge in [-0.1, -0.05) is 13.8 Å². The van der Waals surface area contributed by atoms with E-state index in [1.165, 1.54) is 25.3 Å². The highest BCUT2D eigenvalue weighted by molar-refractivity contribution is 6.42. The number of methoxy groups -OCH3 is 1. The van der Waals surface area contributed by atoms with Crippen molar-refractivity contribution in [1.82, 2.24) is 20.5 Å². The maximum absolute atomic E-state index is 14.4. The van der Waals surface area contributed by atoms with Crippen LogP contribution in [0, 0.1) is 19.7 Å². The van der Waals surface area contributed by atoms with E-state index in [2.05, 4.69) is 34.4 Å². The number of benzene rings is 1. The van der Waals surface area contributed by atoms with E-state index in [0.717, 1.165) is 30.6 Å². The first kappa shape index (κ1) is 35.5. The van der Waals surface area contributed by atoms with Crippen LogP contribution < -0.4 is 21.3 Å². The molecule has 43 heavy (non-hydrogen) atoms. The molecule has 236 valence electrons. The molecule has 0 radical (unpaired) electrons. The molecule has 2 heterocycles. The molecular formula is C30H42ClFN6O5. The molecule has 0 saturated carbocycles. The second-order valence-electron chi connectivity index (χ2n) is 10.1. The summed E-state index contributed by atoms with van der Waals surface area (Å²) in [5.74, 6) is -2.18. The third-order valence-corrected chi connectivity index (χ3v) is 7.46. The van der Waals surface area contributed by atoms with Crippen molar-refractivity contribution in [3.63, 3.8) is 0 Å². The number of hydrogen-bond acceptors (Lipinski definition) is 7. The summed E-state index contributed by atoms with van der Waals surface area (Å²) in [4.78, 5) is 58.6. The van der Waals surface area contributed by atoms with Gasteiger partial charge in [-0.05, 0) is 82.6 Å². The number of nitrogens with zero attached hydrogens (tertiary/aromatic N) is 2. The Labute approximate surface area is 257 Å². The van der Waals surface area contributed by atoms with Crippen molar-refractivity contribution in [2.24, 2.45) is 5.73 Å². The molecule has 1 aromatic carbocycles. The Bertz CT molecular complexity index is 1360. The van der Waals surface area contributed by atoms with Crippen molar-refractivity contribution in [3.8, 4) is 0 Å². The number of unbranched alkanes of at least 4 members (excludes halogenated alkanes) is 1. The molecule has 11 nitrogen and oxygen atoms in total. The van der Waals surface area contributed by atoms with Gasteiger partial charge in [0.1, 0.15) is 11.9 Å². The van der Waals surface area contributed by atoms with Gasteiger partial charge in [-0.25, -0.2) is 18.9 Å². The summed E-state index contributed by atoms with van der Waals surface area (Å²) >= 11 is 0. The highest BCUT2D eigenvalue weighted by atomic mass is 35.5. The number of halogens is 2. The number of aromatic nitrogens is 1. The molecule has 13 heteroatoms. The molecule has 3 rings (SSSR count). The van der Waals surface area contributed by atoms with Gasteiger partial charge in [0.25, 0.3) is 11.8 Å². The zero-order chi connectivity index (χ0) is 31.0. The van der Waals surface area contributed by atoms with E-state index in [-0.39, 0.29) is 41.6 Å². The molecule has 1 atom stereocenters. The molecular weight excluding hydrogens is 579 g/mol. The molecule has 1 aliphatic heterocycles. The molecule has 1 aromatic heterocycles. The number of likely N-dealkylation sites (N-methyl/N-ethyl adjacent to an activating group) is 1. The van der Waals surface area contributed by atoms with E-state index in [0.29, 0.717) is 48.4 Å². The topological polar surface area (TPSA) is 150 Å².